The van der Waals surface area contributed by atoms with Crippen LogP contribution in [0.3, 0.4) is 0 Å². The third kappa shape index (κ3) is 7.36. The van der Waals surface area contributed by atoms with Gasteiger partial charge in [-0.25, -0.2) is 0 Å². The van der Waals surface area contributed by atoms with E-state index in [4.69, 9.17) is 0 Å². The lowest BCUT2D eigenvalue weighted by atomic mass is 10.1. The number of nitrogens with one attached hydrogen (secondary N) is 2. The van der Waals surface area contributed by atoms with Crippen molar-refractivity contribution >= 4 is 29.9 Å². The summed E-state index contributed by atoms with van der Waals surface area (Å²) in [7, 11) is 4.03. The average Bonchev–Trinajstić information content (AvgIpc) is 2.76. The van der Waals surface area contributed by atoms with Crippen molar-refractivity contribution in [2.45, 2.75) is 19.9 Å². The maximum atomic E-state index is 4.31. The molecule has 136 valence electrons. The third-order valence-corrected chi connectivity index (χ3v) is 4.46. The molecule has 0 bridgehead atoms. The van der Waals surface area contributed by atoms with Crippen LogP contribution in [0.4, 0.5) is 0 Å². The molecule has 0 aliphatic carbocycles. The van der Waals surface area contributed by atoms with Crippen LogP contribution in [-0.2, 0) is 6.54 Å². The number of rotatable bonds is 5. The van der Waals surface area contributed by atoms with Gasteiger partial charge >= 0.3 is 0 Å². The first-order valence-corrected chi connectivity index (χ1v) is 8.59. The molecular weight excluding hydrogens is 413 g/mol. The Kier molecular flexibility index (Phi) is 10.3. The predicted molar refractivity (Wildman–Crippen MR) is 113 cm³/mol. The summed E-state index contributed by atoms with van der Waals surface area (Å²) in [6, 6.07) is 8.45. The number of likely N-dealkylation sites (N-methyl/N-ethyl adjacent to an activating group) is 1. The van der Waals surface area contributed by atoms with Crippen LogP contribution in [-0.4, -0.2) is 69.1 Å². The molecule has 0 radical (unpaired) electrons. The Morgan fingerprint density at radius 1 is 1.12 bits per heavy atom. The molecule has 0 spiro atoms. The van der Waals surface area contributed by atoms with Crippen LogP contribution in [0.2, 0.25) is 0 Å². The summed E-state index contributed by atoms with van der Waals surface area (Å²) in [5.41, 5.74) is 2.62. The molecule has 0 atom stereocenters. The van der Waals surface area contributed by atoms with Gasteiger partial charge in [0.1, 0.15) is 0 Å². The normalized spacial score (nSPS) is 17.0. The molecule has 0 amide bonds. The molecule has 1 heterocycles. The van der Waals surface area contributed by atoms with E-state index in [1.807, 2.05) is 7.05 Å². The zero-order valence-electron chi connectivity index (χ0n) is 15.2. The maximum absolute atomic E-state index is 4.31. The minimum absolute atomic E-state index is 0. The third-order valence-electron chi connectivity index (χ3n) is 4.46. The van der Waals surface area contributed by atoms with E-state index in [9.17, 15) is 0 Å². The molecule has 2 N–H and O–H groups in total. The molecule has 6 heteroatoms. The van der Waals surface area contributed by atoms with Crippen LogP contribution in [0.1, 0.15) is 17.5 Å². The Bertz CT molecular complexity index is 506. The van der Waals surface area contributed by atoms with Crippen molar-refractivity contribution in [3.63, 3.8) is 0 Å². The second kappa shape index (κ2) is 11.7. The highest BCUT2D eigenvalue weighted by Gasteiger charge is 2.11. The summed E-state index contributed by atoms with van der Waals surface area (Å²) < 4.78 is 0. The summed E-state index contributed by atoms with van der Waals surface area (Å²) >= 11 is 0. The van der Waals surface area contributed by atoms with E-state index in [1.54, 1.807) is 0 Å². The molecule has 5 nitrogen and oxygen atoms in total. The molecule has 0 saturated carbocycles. The highest BCUT2D eigenvalue weighted by Crippen LogP contribution is 2.05. The highest BCUT2D eigenvalue weighted by atomic mass is 127. The van der Waals surface area contributed by atoms with E-state index >= 15 is 0 Å². The van der Waals surface area contributed by atoms with Gasteiger partial charge in [0, 0.05) is 39.8 Å². The number of aliphatic imine (C=N–C) groups is 1. The maximum Gasteiger partial charge on any atom is 0.191 e. The van der Waals surface area contributed by atoms with Crippen molar-refractivity contribution in [3.05, 3.63) is 35.4 Å². The fraction of sp³-hybridized carbons (Fsp3) is 0.611. The summed E-state index contributed by atoms with van der Waals surface area (Å²) in [6.45, 7) is 9.68. The lowest BCUT2D eigenvalue weighted by Crippen LogP contribution is -2.42. The Balaban J connectivity index is 0.00000288. The zero-order chi connectivity index (χ0) is 16.5. The number of aryl methyl sites for hydroxylation is 1. The van der Waals surface area contributed by atoms with Crippen LogP contribution in [0, 0.1) is 6.92 Å². The molecule has 1 aliphatic rings. The van der Waals surface area contributed by atoms with Gasteiger partial charge in [-0.1, -0.05) is 24.3 Å². The van der Waals surface area contributed by atoms with E-state index in [0.717, 1.165) is 32.1 Å². The van der Waals surface area contributed by atoms with Gasteiger partial charge in [-0.15, -0.1) is 24.0 Å². The number of hydrogen-bond acceptors (Lipinski definition) is 3. The minimum atomic E-state index is 0. The molecule has 1 aromatic rings. The van der Waals surface area contributed by atoms with Gasteiger partial charge in [-0.05, 0) is 44.6 Å². The highest BCUT2D eigenvalue weighted by molar-refractivity contribution is 14.0. The second-order valence-corrected chi connectivity index (χ2v) is 6.28. The van der Waals surface area contributed by atoms with Crippen LogP contribution in [0.5, 0.6) is 0 Å². The van der Waals surface area contributed by atoms with Crippen molar-refractivity contribution < 1.29 is 0 Å². The van der Waals surface area contributed by atoms with Crippen molar-refractivity contribution in [3.8, 4) is 0 Å². The van der Waals surface area contributed by atoms with Crippen molar-refractivity contribution in [1.29, 1.82) is 0 Å². The Hall–Kier alpha value is -0.860. The predicted octanol–water partition coefficient (Wildman–Crippen LogP) is 1.92. The largest absolute Gasteiger partial charge is 0.355 e. The van der Waals surface area contributed by atoms with Crippen LogP contribution < -0.4 is 10.6 Å². The number of hydrogen-bond donors (Lipinski definition) is 2. The summed E-state index contributed by atoms with van der Waals surface area (Å²) in [5, 5.41) is 6.82. The smallest absolute Gasteiger partial charge is 0.191 e. The fourth-order valence-corrected chi connectivity index (χ4v) is 2.86. The first kappa shape index (κ1) is 21.2. The molecule has 1 fully saturated rings. The first-order chi connectivity index (χ1) is 11.2. The lowest BCUT2D eigenvalue weighted by Gasteiger charge is -2.21. The Morgan fingerprint density at radius 3 is 2.67 bits per heavy atom. The molecule has 1 saturated heterocycles. The van der Waals surface area contributed by atoms with E-state index in [-0.39, 0.29) is 24.0 Å². The Labute approximate surface area is 163 Å². The summed E-state index contributed by atoms with van der Waals surface area (Å²) in [4.78, 5) is 9.26. The van der Waals surface area contributed by atoms with E-state index < -0.39 is 0 Å². The van der Waals surface area contributed by atoms with E-state index in [1.165, 1.54) is 37.2 Å². The van der Waals surface area contributed by atoms with Crippen molar-refractivity contribution in [2.24, 2.45) is 4.99 Å². The van der Waals surface area contributed by atoms with Gasteiger partial charge in [0.25, 0.3) is 0 Å². The van der Waals surface area contributed by atoms with Gasteiger partial charge in [0.2, 0.25) is 0 Å². The van der Waals surface area contributed by atoms with Crippen LogP contribution in [0.15, 0.2) is 29.3 Å². The molecule has 0 unspecified atom stereocenters. The van der Waals surface area contributed by atoms with Gasteiger partial charge in [-0.3, -0.25) is 4.99 Å². The van der Waals surface area contributed by atoms with E-state index in [2.05, 4.69) is 63.7 Å². The SMILES string of the molecule is CN=C(NCCN1CCCN(C)CC1)NCc1ccccc1C.I. The molecule has 2 rings (SSSR count). The zero-order valence-corrected chi connectivity index (χ0v) is 17.5. The molecule has 1 aliphatic heterocycles. The molecular formula is C18H32IN5. The quantitative estimate of drug-likeness (QED) is 0.413. The Morgan fingerprint density at radius 2 is 1.92 bits per heavy atom. The number of guanidine groups is 1. The number of benzene rings is 1. The van der Waals surface area contributed by atoms with Gasteiger partial charge in [-0.2, -0.15) is 0 Å². The number of halogens is 1. The summed E-state index contributed by atoms with van der Waals surface area (Å²) in [5.74, 6) is 0.875. The van der Waals surface area contributed by atoms with E-state index in [0.29, 0.717) is 0 Å². The molecule has 1 aromatic carbocycles. The lowest BCUT2D eigenvalue weighted by molar-refractivity contribution is 0.280. The molecule has 24 heavy (non-hydrogen) atoms. The van der Waals surface area contributed by atoms with Gasteiger partial charge < -0.3 is 20.4 Å². The van der Waals surface area contributed by atoms with Gasteiger partial charge in [0.15, 0.2) is 5.96 Å². The van der Waals surface area contributed by atoms with Gasteiger partial charge in [0.05, 0.1) is 0 Å². The second-order valence-electron chi connectivity index (χ2n) is 6.28. The first-order valence-electron chi connectivity index (χ1n) is 8.59. The monoisotopic (exact) mass is 445 g/mol. The topological polar surface area (TPSA) is 42.9 Å². The average molecular weight is 445 g/mol. The number of nitrogens with zero attached hydrogens (tertiary/aromatic N) is 3. The summed E-state index contributed by atoms with van der Waals surface area (Å²) in [6.07, 6.45) is 1.26. The fourth-order valence-electron chi connectivity index (χ4n) is 2.86. The van der Waals surface area contributed by atoms with Crippen molar-refractivity contribution in [2.75, 3.05) is 53.4 Å². The van der Waals surface area contributed by atoms with Crippen LogP contribution in [0.25, 0.3) is 0 Å². The molecule has 0 aromatic heterocycles. The standard InChI is InChI=1S/C18H31N5.HI/c1-16-7-4-5-8-17(16)15-21-18(19-2)20-9-12-23-11-6-10-22(3)13-14-23;/h4-5,7-8H,6,9-15H2,1-3H3,(H2,19,20,21);1H. The van der Waals surface area contributed by atoms with Crippen molar-refractivity contribution in [1.82, 2.24) is 20.4 Å². The minimum Gasteiger partial charge on any atom is -0.355 e. The van der Waals surface area contributed by atoms with Crippen LogP contribution >= 0.6 is 24.0 Å².